The quantitative estimate of drug-likeness (QED) is 0.810. The van der Waals surface area contributed by atoms with E-state index in [1.165, 1.54) is 6.07 Å². The monoisotopic (exact) mass is 277 g/mol. The first kappa shape index (κ1) is 14.6. The molecule has 0 aliphatic carbocycles. The third-order valence-electron chi connectivity index (χ3n) is 2.61. The minimum absolute atomic E-state index is 0.146. The number of rotatable bonds is 6. The molecule has 0 heterocycles. The van der Waals surface area contributed by atoms with Crippen LogP contribution < -0.4 is 5.32 Å². The third kappa shape index (κ3) is 5.15. The standard InChI is InChI=1S/C12H17ClFNOS/c1-9(17(2)16)5-6-15-8-10-3-4-12(14)11(13)7-10/h3-4,7,9,15H,5-6,8H2,1-2H3. The fraction of sp³-hybridized carbons (Fsp3) is 0.500. The fourth-order valence-electron chi connectivity index (χ4n) is 1.35. The minimum Gasteiger partial charge on any atom is -0.313 e. The van der Waals surface area contributed by atoms with Gasteiger partial charge in [0.15, 0.2) is 0 Å². The molecule has 96 valence electrons. The summed E-state index contributed by atoms with van der Waals surface area (Å²) < 4.78 is 24.0. The molecular formula is C12H17ClFNOS. The molecule has 2 nitrogen and oxygen atoms in total. The van der Waals surface area contributed by atoms with Gasteiger partial charge in [0.2, 0.25) is 0 Å². The fourth-order valence-corrected chi connectivity index (χ4v) is 2.01. The van der Waals surface area contributed by atoms with Crippen molar-refractivity contribution in [2.45, 2.75) is 25.1 Å². The first-order valence-corrected chi connectivity index (χ1v) is 7.47. The lowest BCUT2D eigenvalue weighted by molar-refractivity contribution is 0.619. The molecule has 0 aromatic heterocycles. The molecule has 17 heavy (non-hydrogen) atoms. The van der Waals surface area contributed by atoms with Gasteiger partial charge in [-0.3, -0.25) is 4.21 Å². The van der Waals surface area contributed by atoms with E-state index in [-0.39, 0.29) is 10.3 Å². The molecule has 2 unspecified atom stereocenters. The van der Waals surface area contributed by atoms with Gasteiger partial charge in [0.25, 0.3) is 0 Å². The highest BCUT2D eigenvalue weighted by Crippen LogP contribution is 2.15. The van der Waals surface area contributed by atoms with Crippen molar-refractivity contribution in [2.24, 2.45) is 0 Å². The van der Waals surface area contributed by atoms with Crippen molar-refractivity contribution in [2.75, 3.05) is 12.8 Å². The lowest BCUT2D eigenvalue weighted by Gasteiger charge is -2.09. The average Bonchev–Trinajstić information content (AvgIpc) is 2.28. The van der Waals surface area contributed by atoms with E-state index in [1.807, 2.05) is 6.92 Å². The number of hydrogen-bond acceptors (Lipinski definition) is 2. The van der Waals surface area contributed by atoms with Crippen LogP contribution in [0.15, 0.2) is 18.2 Å². The van der Waals surface area contributed by atoms with E-state index < -0.39 is 16.6 Å². The summed E-state index contributed by atoms with van der Waals surface area (Å²) >= 11 is 5.68. The van der Waals surface area contributed by atoms with Gasteiger partial charge in [0, 0.05) is 28.9 Å². The summed E-state index contributed by atoms with van der Waals surface area (Å²) in [5.74, 6) is -0.398. The molecule has 0 saturated carbocycles. The molecule has 1 N–H and O–H groups in total. The van der Waals surface area contributed by atoms with Crippen LogP contribution in [0, 0.1) is 5.82 Å². The molecule has 0 aliphatic rings. The molecule has 5 heteroatoms. The molecule has 0 fully saturated rings. The van der Waals surface area contributed by atoms with Crippen molar-refractivity contribution in [3.63, 3.8) is 0 Å². The largest absolute Gasteiger partial charge is 0.313 e. The highest BCUT2D eigenvalue weighted by Gasteiger charge is 2.05. The molecule has 2 atom stereocenters. The maximum Gasteiger partial charge on any atom is 0.141 e. The van der Waals surface area contributed by atoms with Crippen LogP contribution in [0.4, 0.5) is 4.39 Å². The molecule has 0 spiro atoms. The Morgan fingerprint density at radius 1 is 1.53 bits per heavy atom. The predicted molar refractivity (Wildman–Crippen MR) is 71.3 cm³/mol. The minimum atomic E-state index is -0.776. The molecular weight excluding hydrogens is 261 g/mol. The van der Waals surface area contributed by atoms with Gasteiger partial charge in [0.1, 0.15) is 5.82 Å². The van der Waals surface area contributed by atoms with Crippen LogP contribution >= 0.6 is 11.6 Å². The van der Waals surface area contributed by atoms with Gasteiger partial charge in [-0.25, -0.2) is 4.39 Å². The Bertz CT molecular complexity index is 400. The second-order valence-electron chi connectivity index (χ2n) is 4.02. The van der Waals surface area contributed by atoms with Gasteiger partial charge in [-0.2, -0.15) is 0 Å². The Labute approximate surface area is 109 Å². The van der Waals surface area contributed by atoms with Gasteiger partial charge in [-0.1, -0.05) is 24.6 Å². The van der Waals surface area contributed by atoms with Gasteiger partial charge >= 0.3 is 0 Å². The Hall–Kier alpha value is -0.450. The summed E-state index contributed by atoms with van der Waals surface area (Å²) in [7, 11) is -0.776. The maximum atomic E-state index is 12.9. The van der Waals surface area contributed by atoms with Gasteiger partial charge in [-0.15, -0.1) is 0 Å². The molecule has 0 saturated heterocycles. The lowest BCUT2D eigenvalue weighted by atomic mass is 10.2. The SMILES string of the molecule is CC(CCNCc1ccc(F)c(Cl)c1)S(C)=O. The van der Waals surface area contributed by atoms with Crippen LogP contribution in [0.5, 0.6) is 0 Å². The van der Waals surface area contributed by atoms with Gasteiger partial charge in [-0.05, 0) is 30.7 Å². The first-order valence-electron chi connectivity index (χ1n) is 5.47. The van der Waals surface area contributed by atoms with Crippen molar-refractivity contribution >= 4 is 22.4 Å². The smallest absolute Gasteiger partial charge is 0.141 e. The van der Waals surface area contributed by atoms with Crippen molar-refractivity contribution in [3.05, 3.63) is 34.6 Å². The van der Waals surface area contributed by atoms with E-state index in [2.05, 4.69) is 5.32 Å². The molecule has 1 aromatic carbocycles. The topological polar surface area (TPSA) is 29.1 Å². The third-order valence-corrected chi connectivity index (χ3v) is 4.27. The van der Waals surface area contributed by atoms with Crippen LogP contribution in [-0.4, -0.2) is 22.3 Å². The van der Waals surface area contributed by atoms with E-state index in [0.29, 0.717) is 6.54 Å². The Kier molecular flexibility index (Phi) is 6.09. The van der Waals surface area contributed by atoms with E-state index in [4.69, 9.17) is 11.6 Å². The van der Waals surface area contributed by atoms with Gasteiger partial charge < -0.3 is 5.32 Å². The predicted octanol–water partition coefficient (Wildman–Crippen LogP) is 2.73. The van der Waals surface area contributed by atoms with Gasteiger partial charge in [0.05, 0.1) is 5.02 Å². The zero-order valence-electron chi connectivity index (χ0n) is 10.0. The summed E-state index contributed by atoms with van der Waals surface area (Å²) in [6, 6.07) is 4.68. The maximum absolute atomic E-state index is 12.9. The van der Waals surface area contributed by atoms with Crippen molar-refractivity contribution in [3.8, 4) is 0 Å². The lowest BCUT2D eigenvalue weighted by Crippen LogP contribution is -2.20. The van der Waals surface area contributed by atoms with Crippen LogP contribution in [0.2, 0.25) is 5.02 Å². The van der Waals surface area contributed by atoms with E-state index in [1.54, 1.807) is 18.4 Å². The van der Waals surface area contributed by atoms with Crippen LogP contribution in [-0.2, 0) is 17.3 Å². The van der Waals surface area contributed by atoms with Crippen LogP contribution in [0.1, 0.15) is 18.9 Å². The molecule has 0 amide bonds. The summed E-state index contributed by atoms with van der Waals surface area (Å²) in [4.78, 5) is 0. The number of hydrogen-bond donors (Lipinski definition) is 1. The molecule has 0 aliphatic heterocycles. The van der Waals surface area contributed by atoms with E-state index >= 15 is 0 Å². The molecule has 1 aromatic rings. The first-order chi connectivity index (χ1) is 8.00. The Morgan fingerprint density at radius 3 is 2.82 bits per heavy atom. The summed E-state index contributed by atoms with van der Waals surface area (Å²) in [6.07, 6.45) is 2.57. The second kappa shape index (κ2) is 7.09. The van der Waals surface area contributed by atoms with Crippen molar-refractivity contribution in [1.82, 2.24) is 5.32 Å². The molecule has 1 rings (SSSR count). The number of halogens is 2. The Balaban J connectivity index is 2.31. The number of benzene rings is 1. The van der Waals surface area contributed by atoms with Crippen molar-refractivity contribution < 1.29 is 8.60 Å². The summed E-state index contributed by atoms with van der Waals surface area (Å²) in [5, 5.41) is 3.56. The molecule has 0 bridgehead atoms. The molecule has 0 radical (unpaired) electrons. The summed E-state index contributed by atoms with van der Waals surface area (Å²) in [5.41, 5.74) is 0.946. The number of nitrogens with one attached hydrogen (secondary N) is 1. The van der Waals surface area contributed by atoms with Crippen LogP contribution in [0.25, 0.3) is 0 Å². The summed E-state index contributed by atoms with van der Waals surface area (Å²) in [6.45, 7) is 3.39. The zero-order valence-corrected chi connectivity index (χ0v) is 11.6. The second-order valence-corrected chi connectivity index (χ2v) is 6.23. The van der Waals surface area contributed by atoms with Crippen molar-refractivity contribution in [1.29, 1.82) is 0 Å². The Morgan fingerprint density at radius 2 is 2.24 bits per heavy atom. The zero-order chi connectivity index (χ0) is 12.8. The van der Waals surface area contributed by atoms with E-state index in [9.17, 15) is 8.60 Å². The van der Waals surface area contributed by atoms with Crippen LogP contribution in [0.3, 0.4) is 0 Å². The normalized spacial score (nSPS) is 14.6. The highest BCUT2D eigenvalue weighted by atomic mass is 35.5. The highest BCUT2D eigenvalue weighted by molar-refractivity contribution is 7.84. The average molecular weight is 278 g/mol. The van der Waals surface area contributed by atoms with E-state index in [0.717, 1.165) is 18.5 Å².